The maximum Gasteiger partial charge on any atom is 0.274 e. The van der Waals surface area contributed by atoms with Crippen LogP contribution >= 0.6 is 0 Å². The number of benzene rings is 1. The van der Waals surface area contributed by atoms with Gasteiger partial charge in [-0.3, -0.25) is 9.59 Å². The predicted molar refractivity (Wildman–Crippen MR) is 90.8 cm³/mol. The van der Waals surface area contributed by atoms with Crippen molar-refractivity contribution in [2.45, 2.75) is 6.92 Å². The Morgan fingerprint density at radius 2 is 1.81 bits per heavy atom. The normalized spacial score (nSPS) is 14.3. The van der Waals surface area contributed by atoms with E-state index in [9.17, 15) is 18.4 Å². The van der Waals surface area contributed by atoms with Crippen molar-refractivity contribution in [3.63, 3.8) is 0 Å². The van der Waals surface area contributed by atoms with Crippen LogP contribution in [-0.4, -0.2) is 52.9 Å². The quantitative estimate of drug-likeness (QED) is 0.900. The lowest BCUT2D eigenvalue weighted by molar-refractivity contribution is -0.129. The number of carbonyl (C=O) groups excluding carboxylic acids is 2. The summed E-state index contributed by atoms with van der Waals surface area (Å²) < 4.78 is 26.6. The van der Waals surface area contributed by atoms with E-state index >= 15 is 0 Å². The van der Waals surface area contributed by atoms with E-state index in [0.29, 0.717) is 38.1 Å². The average Bonchev–Trinajstić information content (AvgIpc) is 2.64. The number of nitrogens with one attached hydrogen (secondary N) is 1. The van der Waals surface area contributed by atoms with Crippen molar-refractivity contribution in [3.05, 3.63) is 47.9 Å². The Balaban J connectivity index is 1.71. The summed E-state index contributed by atoms with van der Waals surface area (Å²) in [6.07, 6.45) is 1.25. The molecule has 2 aromatic rings. The van der Waals surface area contributed by atoms with E-state index in [2.05, 4.69) is 15.3 Å². The molecule has 136 valence electrons. The first-order valence-electron chi connectivity index (χ1n) is 8.03. The highest BCUT2D eigenvalue weighted by Gasteiger charge is 2.21. The summed E-state index contributed by atoms with van der Waals surface area (Å²) in [5.74, 6) is -1.65. The van der Waals surface area contributed by atoms with Crippen molar-refractivity contribution in [1.29, 1.82) is 0 Å². The Morgan fingerprint density at radius 1 is 1.08 bits per heavy atom. The van der Waals surface area contributed by atoms with Crippen molar-refractivity contribution in [2.75, 3.05) is 36.4 Å². The molecular weight excluding hydrogens is 344 g/mol. The number of halogens is 2. The van der Waals surface area contributed by atoms with Gasteiger partial charge in [0.1, 0.15) is 29.5 Å². The summed E-state index contributed by atoms with van der Waals surface area (Å²) in [5, 5.41) is 2.36. The lowest BCUT2D eigenvalue weighted by Gasteiger charge is -2.34. The number of hydrogen-bond acceptors (Lipinski definition) is 5. The van der Waals surface area contributed by atoms with Gasteiger partial charge in [0.2, 0.25) is 5.91 Å². The van der Waals surface area contributed by atoms with E-state index in [1.54, 1.807) is 4.90 Å². The van der Waals surface area contributed by atoms with Gasteiger partial charge in [0, 0.05) is 45.2 Å². The molecule has 1 aromatic carbocycles. The summed E-state index contributed by atoms with van der Waals surface area (Å²) in [6.45, 7) is 3.84. The molecule has 1 aromatic heterocycles. The highest BCUT2D eigenvalue weighted by atomic mass is 19.1. The first-order chi connectivity index (χ1) is 12.4. The molecule has 0 saturated carbocycles. The molecule has 1 aliphatic rings. The number of aromatic nitrogens is 2. The highest BCUT2D eigenvalue weighted by Crippen LogP contribution is 2.18. The summed E-state index contributed by atoms with van der Waals surface area (Å²) in [4.78, 5) is 35.4. The summed E-state index contributed by atoms with van der Waals surface area (Å²) in [7, 11) is 0. The number of piperazine rings is 1. The average molecular weight is 361 g/mol. The fraction of sp³-hybridized carbons (Fsp3) is 0.294. The molecule has 0 aliphatic carbocycles. The second-order valence-corrected chi connectivity index (χ2v) is 5.83. The van der Waals surface area contributed by atoms with Gasteiger partial charge < -0.3 is 15.1 Å². The van der Waals surface area contributed by atoms with Crippen molar-refractivity contribution >= 4 is 23.3 Å². The number of amides is 2. The van der Waals surface area contributed by atoms with Gasteiger partial charge in [0.15, 0.2) is 0 Å². The molecule has 1 saturated heterocycles. The minimum absolute atomic E-state index is 0.0220. The zero-order valence-corrected chi connectivity index (χ0v) is 14.1. The molecule has 2 amide bonds. The Hall–Kier alpha value is -3.10. The molecular formula is C17H17F2N5O2. The fourth-order valence-electron chi connectivity index (χ4n) is 2.67. The predicted octanol–water partition coefficient (Wildman–Crippen LogP) is 1.68. The zero-order chi connectivity index (χ0) is 18.7. The van der Waals surface area contributed by atoms with Crippen LogP contribution < -0.4 is 10.2 Å². The summed E-state index contributed by atoms with van der Waals surface area (Å²) in [6, 6.07) is 4.39. The van der Waals surface area contributed by atoms with E-state index in [-0.39, 0.29) is 17.3 Å². The van der Waals surface area contributed by atoms with Crippen LogP contribution in [0.5, 0.6) is 0 Å². The molecule has 9 heteroatoms. The van der Waals surface area contributed by atoms with Gasteiger partial charge in [0.25, 0.3) is 5.91 Å². The first kappa shape index (κ1) is 17.7. The van der Waals surface area contributed by atoms with E-state index < -0.39 is 17.5 Å². The molecule has 3 rings (SSSR count). The third kappa shape index (κ3) is 3.93. The molecule has 0 radical (unpaired) electrons. The molecule has 1 fully saturated rings. The molecule has 7 nitrogen and oxygen atoms in total. The van der Waals surface area contributed by atoms with Crippen LogP contribution in [0.25, 0.3) is 0 Å². The number of hydrogen-bond donors (Lipinski definition) is 1. The second-order valence-electron chi connectivity index (χ2n) is 5.83. The van der Waals surface area contributed by atoms with Gasteiger partial charge in [0.05, 0.1) is 5.69 Å². The maximum atomic E-state index is 13.7. The third-order valence-electron chi connectivity index (χ3n) is 4.11. The van der Waals surface area contributed by atoms with Gasteiger partial charge in [-0.25, -0.2) is 18.7 Å². The van der Waals surface area contributed by atoms with Crippen LogP contribution in [0.1, 0.15) is 17.4 Å². The minimum atomic E-state index is -0.868. The van der Waals surface area contributed by atoms with Gasteiger partial charge >= 0.3 is 0 Å². The summed E-state index contributed by atoms with van der Waals surface area (Å²) >= 11 is 0. The molecule has 1 N–H and O–H groups in total. The Kier molecular flexibility index (Phi) is 5.06. The lowest BCUT2D eigenvalue weighted by Crippen LogP contribution is -2.48. The van der Waals surface area contributed by atoms with Crippen LogP contribution in [0, 0.1) is 11.6 Å². The van der Waals surface area contributed by atoms with Gasteiger partial charge in [-0.2, -0.15) is 0 Å². The zero-order valence-electron chi connectivity index (χ0n) is 14.1. The number of rotatable bonds is 3. The molecule has 2 heterocycles. The SMILES string of the molecule is CC(=O)N1CCN(c2cc(C(=O)Nc3ccc(F)cc3F)ncn2)CC1. The first-order valence-corrected chi connectivity index (χ1v) is 8.03. The lowest BCUT2D eigenvalue weighted by atomic mass is 10.2. The van der Waals surface area contributed by atoms with Crippen LogP contribution in [0.15, 0.2) is 30.6 Å². The Morgan fingerprint density at radius 3 is 2.46 bits per heavy atom. The van der Waals surface area contributed by atoms with Crippen LogP contribution in [-0.2, 0) is 4.79 Å². The fourth-order valence-corrected chi connectivity index (χ4v) is 2.67. The topological polar surface area (TPSA) is 78.4 Å². The molecule has 0 spiro atoms. The monoisotopic (exact) mass is 361 g/mol. The van der Waals surface area contributed by atoms with Crippen molar-refractivity contribution in [1.82, 2.24) is 14.9 Å². The number of carbonyl (C=O) groups is 2. The second kappa shape index (κ2) is 7.42. The maximum absolute atomic E-state index is 13.7. The molecule has 0 atom stereocenters. The van der Waals surface area contributed by atoms with Crippen LogP contribution in [0.2, 0.25) is 0 Å². The largest absolute Gasteiger partial charge is 0.353 e. The number of anilines is 2. The van der Waals surface area contributed by atoms with Crippen molar-refractivity contribution in [2.24, 2.45) is 0 Å². The summed E-state index contributed by atoms with van der Waals surface area (Å²) in [5.41, 5.74) is -0.0700. The third-order valence-corrected chi connectivity index (χ3v) is 4.11. The van der Waals surface area contributed by atoms with Crippen LogP contribution in [0.4, 0.5) is 20.3 Å². The van der Waals surface area contributed by atoms with Gasteiger partial charge in [-0.1, -0.05) is 0 Å². The highest BCUT2D eigenvalue weighted by molar-refractivity contribution is 6.03. The van der Waals surface area contributed by atoms with E-state index in [4.69, 9.17) is 0 Å². The smallest absolute Gasteiger partial charge is 0.274 e. The van der Waals surface area contributed by atoms with E-state index in [1.807, 2.05) is 4.90 Å². The van der Waals surface area contributed by atoms with Crippen molar-refractivity contribution in [3.8, 4) is 0 Å². The van der Waals surface area contributed by atoms with Gasteiger partial charge in [-0.15, -0.1) is 0 Å². The molecule has 0 bridgehead atoms. The molecule has 0 unspecified atom stereocenters. The van der Waals surface area contributed by atoms with E-state index in [0.717, 1.165) is 12.1 Å². The number of nitrogens with zero attached hydrogens (tertiary/aromatic N) is 4. The van der Waals surface area contributed by atoms with Crippen LogP contribution in [0.3, 0.4) is 0 Å². The molecule has 1 aliphatic heterocycles. The van der Waals surface area contributed by atoms with Crippen molar-refractivity contribution < 1.29 is 18.4 Å². The van der Waals surface area contributed by atoms with Gasteiger partial charge in [-0.05, 0) is 12.1 Å². The Labute approximate surface area is 148 Å². The standard InChI is InChI=1S/C17H17F2N5O2/c1-11(25)23-4-6-24(7-5-23)16-9-15(20-10-21-16)17(26)22-14-3-2-12(18)8-13(14)19/h2-3,8-10H,4-7H2,1H3,(H,22,26). The molecule has 26 heavy (non-hydrogen) atoms. The van der Waals surface area contributed by atoms with E-state index in [1.165, 1.54) is 19.3 Å². The Bertz CT molecular complexity index is 838. The minimum Gasteiger partial charge on any atom is -0.353 e.